The standard InChI is InChI=1S/C28H27F5N4O5S2/c1-2-44(39,40)22-9-5-17(6-10-22)23(11-12-34)35-25(38)18-3-7-19(8-4-18)37-14-21(13-20(37)15-41-26(29)30)42-27-36-24(16-43-27)28(31,32)33/h3-10,16,20-21,23,26H,2,11,13-15H2,1H3,(H,35,38)/t20-,21-,23-/m0/s1. The van der Waals surface area contributed by atoms with E-state index in [2.05, 4.69) is 15.0 Å². The highest BCUT2D eigenvalue weighted by Crippen LogP contribution is 2.35. The number of thiazole rings is 1. The van der Waals surface area contributed by atoms with Gasteiger partial charge in [0, 0.05) is 23.1 Å². The molecule has 16 heteroatoms. The smallest absolute Gasteiger partial charge is 0.434 e. The van der Waals surface area contributed by atoms with E-state index >= 15 is 0 Å². The van der Waals surface area contributed by atoms with Crippen LogP contribution >= 0.6 is 11.3 Å². The van der Waals surface area contributed by atoms with E-state index in [4.69, 9.17) is 4.74 Å². The average Bonchev–Trinajstić information content (AvgIpc) is 3.63. The number of hydrogen-bond donors (Lipinski definition) is 1. The van der Waals surface area contributed by atoms with Gasteiger partial charge < -0.3 is 19.7 Å². The van der Waals surface area contributed by atoms with E-state index in [9.17, 15) is 40.4 Å². The Hall–Kier alpha value is -3.81. The van der Waals surface area contributed by atoms with Crippen molar-refractivity contribution in [3.63, 3.8) is 0 Å². The van der Waals surface area contributed by atoms with Gasteiger partial charge in [-0.2, -0.15) is 32.2 Å². The van der Waals surface area contributed by atoms with Crippen LogP contribution in [0.4, 0.5) is 27.6 Å². The Balaban J connectivity index is 1.46. The third-order valence-electron chi connectivity index (χ3n) is 6.92. The van der Waals surface area contributed by atoms with Crippen LogP contribution in [0.3, 0.4) is 0 Å². The Morgan fingerprint density at radius 2 is 1.86 bits per heavy atom. The number of carbonyl (C=O) groups is 1. The van der Waals surface area contributed by atoms with Gasteiger partial charge in [0.1, 0.15) is 6.10 Å². The maximum Gasteiger partial charge on any atom is 0.434 e. The molecule has 0 unspecified atom stereocenters. The van der Waals surface area contributed by atoms with E-state index in [1.54, 1.807) is 17.0 Å². The molecule has 4 rings (SSSR count). The second-order valence-electron chi connectivity index (χ2n) is 9.78. The lowest BCUT2D eigenvalue weighted by atomic mass is 10.0. The highest BCUT2D eigenvalue weighted by molar-refractivity contribution is 7.91. The molecular formula is C28H27F5N4O5S2. The number of hydrogen-bond acceptors (Lipinski definition) is 9. The number of benzene rings is 2. The monoisotopic (exact) mass is 658 g/mol. The normalized spacial score (nSPS) is 17.8. The SMILES string of the molecule is CCS(=O)(=O)c1ccc([C@H](CC#N)NC(=O)c2ccc(N3C[C@@H](Oc4nc(C(F)(F)F)cs4)C[C@H]3COC(F)F)cc2)cc1. The summed E-state index contributed by atoms with van der Waals surface area (Å²) in [6.07, 6.45) is -5.20. The number of aromatic nitrogens is 1. The summed E-state index contributed by atoms with van der Waals surface area (Å²) in [5.74, 6) is -0.577. The number of amides is 1. The molecule has 0 bridgehead atoms. The zero-order chi connectivity index (χ0) is 32.1. The van der Waals surface area contributed by atoms with Crippen LogP contribution < -0.4 is 15.0 Å². The van der Waals surface area contributed by atoms with Crippen LogP contribution in [-0.2, 0) is 20.8 Å². The number of halogens is 5. The van der Waals surface area contributed by atoms with Crippen LogP contribution in [0, 0.1) is 11.3 Å². The fraction of sp³-hybridized carbons (Fsp3) is 0.393. The second-order valence-corrected chi connectivity index (χ2v) is 12.9. The Morgan fingerprint density at radius 1 is 1.18 bits per heavy atom. The molecule has 1 N–H and O–H groups in total. The van der Waals surface area contributed by atoms with Gasteiger partial charge in [-0.05, 0) is 42.0 Å². The van der Waals surface area contributed by atoms with Crippen LogP contribution in [-0.4, -0.2) is 57.0 Å². The summed E-state index contributed by atoms with van der Waals surface area (Å²) < 4.78 is 98.7. The molecule has 1 aliphatic rings. The number of nitrogens with one attached hydrogen (secondary N) is 1. The molecule has 44 heavy (non-hydrogen) atoms. The van der Waals surface area contributed by atoms with Crippen molar-refractivity contribution >= 4 is 32.8 Å². The summed E-state index contributed by atoms with van der Waals surface area (Å²) >= 11 is 0.680. The lowest BCUT2D eigenvalue weighted by Gasteiger charge is -2.26. The Morgan fingerprint density at radius 3 is 2.43 bits per heavy atom. The summed E-state index contributed by atoms with van der Waals surface area (Å²) in [6, 6.07) is 12.8. The van der Waals surface area contributed by atoms with Crippen LogP contribution in [0.2, 0.25) is 0 Å². The molecule has 1 saturated heterocycles. The lowest BCUT2D eigenvalue weighted by Crippen LogP contribution is -2.34. The first-order valence-electron chi connectivity index (χ1n) is 13.3. The molecule has 0 radical (unpaired) electrons. The highest BCUT2D eigenvalue weighted by atomic mass is 32.2. The second kappa shape index (κ2) is 13.9. The first-order valence-corrected chi connectivity index (χ1v) is 15.8. The number of anilines is 1. The molecule has 2 heterocycles. The molecular weight excluding hydrogens is 631 g/mol. The summed E-state index contributed by atoms with van der Waals surface area (Å²) in [7, 11) is -3.42. The molecule has 1 fully saturated rings. The molecule has 2 aromatic carbocycles. The summed E-state index contributed by atoms with van der Waals surface area (Å²) in [5, 5.41) is 12.7. The minimum absolute atomic E-state index is 0.0690. The maximum absolute atomic E-state index is 13.0. The van der Waals surface area contributed by atoms with E-state index < -0.39 is 52.4 Å². The van der Waals surface area contributed by atoms with Crippen LogP contribution in [0.5, 0.6) is 5.19 Å². The van der Waals surface area contributed by atoms with E-state index in [1.807, 2.05) is 6.07 Å². The van der Waals surface area contributed by atoms with E-state index in [0.29, 0.717) is 22.6 Å². The zero-order valence-corrected chi connectivity index (χ0v) is 24.8. The lowest BCUT2D eigenvalue weighted by molar-refractivity contribution is -0.141. The van der Waals surface area contributed by atoms with Gasteiger partial charge in [-0.15, -0.1) is 0 Å². The minimum Gasteiger partial charge on any atom is -0.465 e. The summed E-state index contributed by atoms with van der Waals surface area (Å²) in [6.45, 7) is -1.74. The average molecular weight is 659 g/mol. The number of rotatable bonds is 12. The van der Waals surface area contributed by atoms with Crippen molar-refractivity contribution in [1.82, 2.24) is 10.3 Å². The van der Waals surface area contributed by atoms with E-state index in [-0.39, 0.29) is 47.4 Å². The number of ether oxygens (including phenoxy) is 2. The van der Waals surface area contributed by atoms with Crippen molar-refractivity contribution in [2.24, 2.45) is 0 Å². The predicted molar refractivity (Wildman–Crippen MR) is 150 cm³/mol. The van der Waals surface area contributed by atoms with Crippen LogP contribution in [0.25, 0.3) is 0 Å². The number of nitriles is 1. The number of sulfone groups is 1. The van der Waals surface area contributed by atoms with Gasteiger partial charge in [0.2, 0.25) is 0 Å². The zero-order valence-electron chi connectivity index (χ0n) is 23.1. The van der Waals surface area contributed by atoms with E-state index in [1.165, 1.54) is 43.3 Å². The molecule has 3 atom stereocenters. The summed E-state index contributed by atoms with van der Waals surface area (Å²) in [5.41, 5.74) is 0.222. The fourth-order valence-electron chi connectivity index (χ4n) is 4.66. The van der Waals surface area contributed by atoms with Crippen molar-refractivity contribution in [3.05, 3.63) is 70.7 Å². The van der Waals surface area contributed by atoms with Gasteiger partial charge in [0.25, 0.3) is 11.1 Å². The first kappa shape index (κ1) is 33.1. The molecule has 1 aliphatic heterocycles. The minimum atomic E-state index is -4.63. The van der Waals surface area contributed by atoms with E-state index in [0.717, 1.165) is 5.38 Å². The fourth-order valence-corrected chi connectivity index (χ4v) is 6.29. The van der Waals surface area contributed by atoms with Gasteiger partial charge in [0.15, 0.2) is 15.5 Å². The molecule has 9 nitrogen and oxygen atoms in total. The molecule has 0 saturated carbocycles. The third kappa shape index (κ3) is 8.21. The molecule has 0 aliphatic carbocycles. The molecule has 1 amide bonds. The van der Waals surface area contributed by atoms with Crippen molar-refractivity contribution in [3.8, 4) is 11.3 Å². The van der Waals surface area contributed by atoms with Crippen LogP contribution in [0.1, 0.15) is 47.4 Å². The predicted octanol–water partition coefficient (Wildman–Crippen LogP) is 5.61. The highest BCUT2D eigenvalue weighted by Gasteiger charge is 2.37. The third-order valence-corrected chi connectivity index (χ3v) is 9.40. The van der Waals surface area contributed by atoms with Crippen molar-refractivity contribution in [2.45, 2.75) is 55.6 Å². The molecule has 0 spiro atoms. The van der Waals surface area contributed by atoms with Gasteiger partial charge in [-0.25, -0.2) is 8.42 Å². The largest absolute Gasteiger partial charge is 0.465 e. The van der Waals surface area contributed by atoms with Crippen molar-refractivity contribution in [2.75, 3.05) is 23.8 Å². The van der Waals surface area contributed by atoms with Crippen molar-refractivity contribution < 1.29 is 44.6 Å². The van der Waals surface area contributed by atoms with Gasteiger partial charge >= 0.3 is 12.8 Å². The number of nitrogens with zero attached hydrogens (tertiary/aromatic N) is 3. The first-order chi connectivity index (χ1) is 20.8. The Labute approximate surface area is 254 Å². The maximum atomic E-state index is 13.0. The Kier molecular flexibility index (Phi) is 10.4. The van der Waals surface area contributed by atoms with Gasteiger partial charge in [-0.3, -0.25) is 4.79 Å². The van der Waals surface area contributed by atoms with Crippen molar-refractivity contribution in [1.29, 1.82) is 5.26 Å². The summed E-state index contributed by atoms with van der Waals surface area (Å²) in [4.78, 5) is 18.3. The van der Waals surface area contributed by atoms with Gasteiger partial charge in [-0.1, -0.05) is 30.4 Å². The van der Waals surface area contributed by atoms with Gasteiger partial charge in [0.05, 0.1) is 48.4 Å². The van der Waals surface area contributed by atoms with Crippen LogP contribution in [0.15, 0.2) is 58.8 Å². The number of carbonyl (C=O) groups excluding carboxylic acids is 1. The molecule has 1 aromatic heterocycles. The molecule has 236 valence electrons. The Bertz CT molecular complexity index is 1580. The quantitative estimate of drug-likeness (QED) is 0.250. The molecule has 3 aromatic rings. The topological polar surface area (TPSA) is 122 Å². The number of alkyl halides is 5.